The van der Waals surface area contributed by atoms with Gasteiger partial charge in [0.05, 0.1) is 0 Å². The van der Waals surface area contributed by atoms with E-state index in [9.17, 15) is 5.11 Å². The summed E-state index contributed by atoms with van der Waals surface area (Å²) >= 11 is 0. The van der Waals surface area contributed by atoms with Gasteiger partial charge in [-0.15, -0.1) is 0 Å². The summed E-state index contributed by atoms with van der Waals surface area (Å²) in [5.74, 6) is 0.0322. The summed E-state index contributed by atoms with van der Waals surface area (Å²) in [7, 11) is 0. The predicted molar refractivity (Wildman–Crippen MR) is 67.6 cm³/mol. The number of aryl methyl sites for hydroxylation is 2. The van der Waals surface area contributed by atoms with E-state index in [2.05, 4.69) is 18.0 Å². The van der Waals surface area contributed by atoms with E-state index in [4.69, 9.17) is 0 Å². The Kier molecular flexibility index (Phi) is 5.21. The average molecular weight is 232 g/mol. The van der Waals surface area contributed by atoms with Crippen LogP contribution in [0.4, 0.5) is 5.69 Å². The molecule has 0 unspecified atom stereocenters. The molecule has 3 heteroatoms. The van der Waals surface area contributed by atoms with Crippen molar-refractivity contribution in [2.24, 2.45) is 0 Å². The van der Waals surface area contributed by atoms with Gasteiger partial charge in [0.25, 0.3) is 0 Å². The molecule has 2 aromatic rings. The molecule has 1 N–H and O–H groups in total. The van der Waals surface area contributed by atoms with Crippen LogP contribution in [0.3, 0.4) is 0 Å². The Bertz CT molecular complexity index is 564. The first kappa shape index (κ1) is 14.6. The van der Waals surface area contributed by atoms with Crippen LogP contribution in [0, 0.1) is 13.8 Å². The van der Waals surface area contributed by atoms with Crippen molar-refractivity contribution in [3.05, 3.63) is 59.2 Å². The molecule has 0 saturated heterocycles. The molecular weight excluding hydrogens is 217 g/mol. The first-order valence-corrected chi connectivity index (χ1v) is 5.60. The van der Waals surface area contributed by atoms with Crippen molar-refractivity contribution in [3.63, 3.8) is 0 Å². The Morgan fingerprint density at radius 3 is 2.44 bits per heavy atom. The number of rotatable bonds is 2. The van der Waals surface area contributed by atoms with Gasteiger partial charge in [0, 0.05) is 17.2 Å². The zero-order valence-electron chi connectivity index (χ0n) is 11.0. The largest absolute Gasteiger partial charge is 1.00 e. The first-order chi connectivity index (χ1) is 8.16. The Morgan fingerprint density at radius 1 is 1.06 bits per heavy atom. The zero-order chi connectivity index (χ0) is 12.3. The van der Waals surface area contributed by atoms with Crippen LogP contribution in [0.25, 0.3) is 0 Å². The molecule has 2 nitrogen and oxygen atoms in total. The van der Waals surface area contributed by atoms with E-state index < -0.39 is 0 Å². The molecule has 86 valence electrons. The summed E-state index contributed by atoms with van der Waals surface area (Å²) in [5.41, 5.74) is 4.10. The van der Waals surface area contributed by atoms with Crippen molar-refractivity contribution in [3.8, 4) is 5.75 Å². The zero-order valence-corrected chi connectivity index (χ0v) is 11.0. The van der Waals surface area contributed by atoms with Crippen molar-refractivity contribution in [2.75, 3.05) is 0 Å². The molecule has 0 heterocycles. The van der Waals surface area contributed by atoms with Crippen molar-refractivity contribution >= 4 is 11.9 Å². The minimum atomic E-state index is 0. The van der Waals surface area contributed by atoms with Crippen molar-refractivity contribution in [1.29, 1.82) is 0 Å². The number of nitrogens with one attached hydrogen (secondary N) is 1. The molecule has 18 heavy (non-hydrogen) atoms. The fourth-order valence-electron chi connectivity index (χ4n) is 1.73. The molecule has 0 saturated carbocycles. The van der Waals surface area contributed by atoms with Gasteiger partial charge in [0.1, 0.15) is 0 Å². The van der Waals surface area contributed by atoms with Gasteiger partial charge in [-0.2, -0.15) is 0 Å². The molecule has 0 aliphatic carbocycles. The maximum absolute atomic E-state index is 11.5. The van der Waals surface area contributed by atoms with Gasteiger partial charge in [0.15, 0.2) is 6.21 Å². The second kappa shape index (κ2) is 6.44. The predicted octanol–water partition coefficient (Wildman–Crippen LogP) is -1.79. The van der Waals surface area contributed by atoms with Crippen LogP contribution in [0.2, 0.25) is 0 Å². The smallest absolute Gasteiger partial charge is 0.872 e. The SMILES string of the molecule is Cc1ccc([NH+]=Cc2ccccc2[O-])c(C)c1.[Li+]. The van der Waals surface area contributed by atoms with Crippen LogP contribution in [0.15, 0.2) is 42.5 Å². The van der Waals surface area contributed by atoms with Gasteiger partial charge in [-0.1, -0.05) is 35.6 Å². The fraction of sp³-hybridized carbons (Fsp3) is 0.133. The number of para-hydroxylation sites is 1. The summed E-state index contributed by atoms with van der Waals surface area (Å²) in [6.07, 6.45) is 1.75. The molecule has 0 amide bonds. The Labute approximate surface area is 120 Å². The molecule has 0 aromatic heterocycles. The van der Waals surface area contributed by atoms with Gasteiger partial charge in [-0.25, -0.2) is 4.99 Å². The summed E-state index contributed by atoms with van der Waals surface area (Å²) in [6, 6.07) is 13.2. The second-order valence-corrected chi connectivity index (χ2v) is 4.14. The van der Waals surface area contributed by atoms with Gasteiger partial charge in [-0.05, 0) is 26.0 Å². The van der Waals surface area contributed by atoms with Gasteiger partial charge in [0.2, 0.25) is 5.69 Å². The average Bonchev–Trinajstić information content (AvgIpc) is 2.30. The van der Waals surface area contributed by atoms with E-state index in [1.165, 1.54) is 11.1 Å². The van der Waals surface area contributed by atoms with E-state index in [1.54, 1.807) is 24.4 Å². The van der Waals surface area contributed by atoms with E-state index in [1.807, 2.05) is 25.1 Å². The van der Waals surface area contributed by atoms with E-state index in [-0.39, 0.29) is 24.6 Å². The van der Waals surface area contributed by atoms with Gasteiger partial charge in [-0.3, -0.25) is 0 Å². The third-order valence-corrected chi connectivity index (χ3v) is 2.68. The monoisotopic (exact) mass is 232 g/mol. The van der Waals surface area contributed by atoms with E-state index in [0.29, 0.717) is 5.56 Å². The molecule has 0 spiro atoms. The van der Waals surface area contributed by atoms with Crippen LogP contribution in [0.1, 0.15) is 16.7 Å². The van der Waals surface area contributed by atoms with Crippen molar-refractivity contribution < 1.29 is 29.0 Å². The molecule has 0 aliphatic rings. The molecule has 0 bridgehead atoms. The second-order valence-electron chi connectivity index (χ2n) is 4.14. The normalized spacial score (nSPS) is 10.3. The number of benzene rings is 2. The molecule has 0 fully saturated rings. The summed E-state index contributed by atoms with van der Waals surface area (Å²) in [4.78, 5) is 3.17. The number of hydrogen-bond acceptors (Lipinski definition) is 1. The maximum atomic E-state index is 11.5. The van der Waals surface area contributed by atoms with E-state index in [0.717, 1.165) is 5.69 Å². The minimum Gasteiger partial charge on any atom is -0.872 e. The van der Waals surface area contributed by atoms with Gasteiger partial charge >= 0.3 is 18.9 Å². The number of hydrogen-bond donors (Lipinski definition) is 1. The molecule has 2 aromatic carbocycles. The third kappa shape index (κ3) is 3.50. The van der Waals surface area contributed by atoms with Crippen LogP contribution in [-0.2, 0) is 0 Å². The van der Waals surface area contributed by atoms with Crippen LogP contribution < -0.4 is 29.0 Å². The van der Waals surface area contributed by atoms with Crippen LogP contribution in [0.5, 0.6) is 5.75 Å². The minimum absolute atomic E-state index is 0. The first-order valence-electron chi connectivity index (χ1n) is 5.60. The Morgan fingerprint density at radius 2 is 1.78 bits per heavy atom. The molecule has 2 rings (SSSR count). The molecule has 0 atom stereocenters. The fourth-order valence-corrected chi connectivity index (χ4v) is 1.73. The molecular formula is C15H15LiNO+. The maximum Gasteiger partial charge on any atom is 1.00 e. The van der Waals surface area contributed by atoms with Crippen molar-refractivity contribution in [1.82, 2.24) is 0 Å². The summed E-state index contributed by atoms with van der Waals surface area (Å²) in [6.45, 7) is 4.11. The molecule has 0 radical (unpaired) electrons. The van der Waals surface area contributed by atoms with Crippen molar-refractivity contribution in [2.45, 2.75) is 13.8 Å². The quantitative estimate of drug-likeness (QED) is 0.482. The van der Waals surface area contributed by atoms with Gasteiger partial charge < -0.3 is 5.11 Å². The Balaban J connectivity index is 0.00000162. The Hall–Kier alpha value is -1.49. The van der Waals surface area contributed by atoms with E-state index >= 15 is 0 Å². The standard InChI is InChI=1S/C15H15NO.Li/c1-11-7-8-14(12(2)9-11)16-10-13-5-3-4-6-15(13)17;/h3-10,17H,1-2H3;/q;+1. The molecule has 0 aliphatic heterocycles. The summed E-state index contributed by atoms with van der Waals surface area (Å²) in [5, 5.41) is 11.5. The third-order valence-electron chi connectivity index (χ3n) is 2.68. The summed E-state index contributed by atoms with van der Waals surface area (Å²) < 4.78 is 0. The van der Waals surface area contributed by atoms with Crippen LogP contribution in [-0.4, -0.2) is 6.21 Å². The van der Waals surface area contributed by atoms with Crippen LogP contribution >= 0.6 is 0 Å². The topological polar surface area (TPSA) is 37.0 Å².